The van der Waals surface area contributed by atoms with Crippen molar-refractivity contribution in [3.63, 3.8) is 0 Å². The molecule has 1 aromatic heterocycles. The molecule has 1 amide bonds. The lowest BCUT2D eigenvalue weighted by atomic mass is 9.95. The van der Waals surface area contributed by atoms with Crippen LogP contribution in [0.2, 0.25) is 0 Å². The number of carbonyl (C=O) groups is 1. The summed E-state index contributed by atoms with van der Waals surface area (Å²) in [6.07, 6.45) is 1.83. The molecule has 8 heteroatoms. The van der Waals surface area contributed by atoms with E-state index in [2.05, 4.69) is 44.8 Å². The third-order valence-corrected chi connectivity index (χ3v) is 7.56. The van der Waals surface area contributed by atoms with Crippen molar-refractivity contribution in [2.75, 3.05) is 53.5 Å². The van der Waals surface area contributed by atoms with E-state index in [1.165, 1.54) is 5.56 Å². The number of H-pyrrole nitrogens is 1. The van der Waals surface area contributed by atoms with Crippen LogP contribution < -0.4 is 9.47 Å². The van der Waals surface area contributed by atoms with Crippen molar-refractivity contribution in [2.45, 2.75) is 32.9 Å². The third-order valence-electron chi connectivity index (χ3n) is 7.56. The summed E-state index contributed by atoms with van der Waals surface area (Å²) < 4.78 is 10.9. The monoisotopic (exact) mass is 491 g/mol. The van der Waals surface area contributed by atoms with E-state index >= 15 is 0 Å². The number of likely N-dealkylation sites (tertiary alicyclic amines) is 1. The second kappa shape index (κ2) is 10.9. The maximum absolute atomic E-state index is 13.3. The summed E-state index contributed by atoms with van der Waals surface area (Å²) in [5, 5.41) is 0. The Labute approximate surface area is 213 Å². The molecule has 8 nitrogen and oxygen atoms in total. The van der Waals surface area contributed by atoms with Gasteiger partial charge in [0.1, 0.15) is 17.3 Å². The minimum absolute atomic E-state index is 0.129. The van der Waals surface area contributed by atoms with Crippen LogP contribution in [0.4, 0.5) is 0 Å². The molecule has 36 heavy (non-hydrogen) atoms. The number of amides is 1. The number of ether oxygens (including phenoxy) is 2. The van der Waals surface area contributed by atoms with Crippen LogP contribution in [0.3, 0.4) is 0 Å². The van der Waals surface area contributed by atoms with Gasteiger partial charge < -0.3 is 19.4 Å². The predicted octanol–water partition coefficient (Wildman–Crippen LogP) is 3.44. The Bertz CT molecular complexity index is 1190. The van der Waals surface area contributed by atoms with Crippen molar-refractivity contribution in [1.82, 2.24) is 24.7 Å². The van der Waals surface area contributed by atoms with Gasteiger partial charge in [-0.05, 0) is 68.8 Å². The number of nitrogens with one attached hydrogen (secondary N) is 1. The van der Waals surface area contributed by atoms with E-state index in [1.807, 2.05) is 18.2 Å². The number of hydrogen-bond donors (Lipinski definition) is 1. The first kappa shape index (κ1) is 24.6. The largest absolute Gasteiger partial charge is 0.497 e. The fourth-order valence-electron chi connectivity index (χ4n) is 5.43. The number of aromatic amines is 1. The number of benzene rings is 2. The minimum Gasteiger partial charge on any atom is -0.497 e. The van der Waals surface area contributed by atoms with E-state index in [0.29, 0.717) is 5.91 Å². The first-order chi connectivity index (χ1) is 17.5. The Hall–Kier alpha value is -3.10. The van der Waals surface area contributed by atoms with Crippen LogP contribution in [0.1, 0.15) is 29.8 Å². The molecule has 3 aromatic rings. The molecule has 2 aromatic carbocycles. The van der Waals surface area contributed by atoms with Gasteiger partial charge in [-0.3, -0.25) is 14.6 Å². The van der Waals surface area contributed by atoms with Gasteiger partial charge in [-0.2, -0.15) is 0 Å². The smallest absolute Gasteiger partial charge is 0.225 e. The summed E-state index contributed by atoms with van der Waals surface area (Å²) in [6, 6.07) is 12.2. The lowest BCUT2D eigenvalue weighted by molar-refractivity contribution is -0.139. The SMILES string of the molecule is COc1ccc(OC)c(CN2CCN(C(=O)C3CCN(Cc4nc5ccc(C)cc5[nH]4)CC3)CC2)c1. The molecular formula is C28H37N5O3. The number of piperazine rings is 1. The molecule has 0 spiro atoms. The molecule has 3 heterocycles. The van der Waals surface area contributed by atoms with Gasteiger partial charge in [0, 0.05) is 44.2 Å². The number of rotatable bonds is 7. The topological polar surface area (TPSA) is 73.9 Å². The molecule has 0 atom stereocenters. The standard InChI is InChI=1S/C28H37N5O3/c1-20-4-6-24-25(16-20)30-27(29-24)19-31-10-8-21(9-11-31)28(34)33-14-12-32(13-15-33)18-22-17-23(35-2)5-7-26(22)36-3/h4-7,16-17,21H,8-15,18-19H2,1-3H3,(H,29,30). The van der Waals surface area contributed by atoms with Crippen molar-refractivity contribution in [1.29, 1.82) is 0 Å². The molecule has 0 saturated carbocycles. The number of imidazole rings is 1. The van der Waals surface area contributed by atoms with Gasteiger partial charge in [-0.1, -0.05) is 6.07 Å². The lowest BCUT2D eigenvalue weighted by Crippen LogP contribution is -2.51. The molecule has 2 fully saturated rings. The van der Waals surface area contributed by atoms with Crippen LogP contribution >= 0.6 is 0 Å². The number of methoxy groups -OCH3 is 2. The molecule has 1 N–H and O–H groups in total. The summed E-state index contributed by atoms with van der Waals surface area (Å²) in [5.41, 5.74) is 4.46. The van der Waals surface area contributed by atoms with Crippen LogP contribution in [-0.2, 0) is 17.9 Å². The van der Waals surface area contributed by atoms with Crippen LogP contribution in [0, 0.1) is 12.8 Å². The van der Waals surface area contributed by atoms with E-state index in [9.17, 15) is 4.79 Å². The molecule has 2 saturated heterocycles. The number of hydrogen-bond acceptors (Lipinski definition) is 6. The Morgan fingerprint density at radius 3 is 2.42 bits per heavy atom. The van der Waals surface area contributed by atoms with Crippen molar-refractivity contribution in [2.24, 2.45) is 5.92 Å². The Morgan fingerprint density at radius 1 is 0.944 bits per heavy atom. The summed E-state index contributed by atoms with van der Waals surface area (Å²) in [7, 11) is 3.38. The molecule has 192 valence electrons. The van der Waals surface area contributed by atoms with Crippen LogP contribution in [0.15, 0.2) is 36.4 Å². The van der Waals surface area contributed by atoms with Crippen molar-refractivity contribution in [3.05, 3.63) is 53.3 Å². The zero-order valence-electron chi connectivity index (χ0n) is 21.6. The highest BCUT2D eigenvalue weighted by Crippen LogP contribution is 2.27. The number of carbonyl (C=O) groups excluding carboxylic acids is 1. The zero-order chi connectivity index (χ0) is 25.1. The predicted molar refractivity (Wildman–Crippen MR) is 140 cm³/mol. The highest BCUT2D eigenvalue weighted by atomic mass is 16.5. The number of aryl methyl sites for hydroxylation is 1. The zero-order valence-corrected chi connectivity index (χ0v) is 21.6. The van der Waals surface area contributed by atoms with E-state index in [4.69, 9.17) is 14.5 Å². The fourth-order valence-corrected chi connectivity index (χ4v) is 5.43. The third kappa shape index (κ3) is 5.50. The van der Waals surface area contributed by atoms with Crippen LogP contribution in [0.5, 0.6) is 11.5 Å². The Kier molecular flexibility index (Phi) is 7.43. The maximum atomic E-state index is 13.3. The average Bonchev–Trinajstić information content (AvgIpc) is 3.30. The second-order valence-electron chi connectivity index (χ2n) is 10.0. The number of fused-ring (bicyclic) bond motifs is 1. The highest BCUT2D eigenvalue weighted by Gasteiger charge is 2.31. The number of piperidine rings is 1. The fraction of sp³-hybridized carbons (Fsp3) is 0.500. The highest BCUT2D eigenvalue weighted by molar-refractivity contribution is 5.79. The molecule has 0 bridgehead atoms. The maximum Gasteiger partial charge on any atom is 0.225 e. The summed E-state index contributed by atoms with van der Waals surface area (Å²) in [6.45, 7) is 8.87. The summed E-state index contributed by atoms with van der Waals surface area (Å²) in [5.74, 6) is 3.17. The van der Waals surface area contributed by atoms with Crippen LogP contribution in [-0.4, -0.2) is 84.1 Å². The van der Waals surface area contributed by atoms with Gasteiger partial charge >= 0.3 is 0 Å². The van der Waals surface area contributed by atoms with Gasteiger partial charge in [0.15, 0.2) is 0 Å². The quantitative estimate of drug-likeness (QED) is 0.546. The summed E-state index contributed by atoms with van der Waals surface area (Å²) >= 11 is 0. The first-order valence-corrected chi connectivity index (χ1v) is 12.9. The number of aromatic nitrogens is 2. The lowest BCUT2D eigenvalue weighted by Gasteiger charge is -2.38. The Balaban J connectivity index is 1.09. The van der Waals surface area contributed by atoms with Crippen LogP contribution in [0.25, 0.3) is 11.0 Å². The number of nitrogens with zero attached hydrogens (tertiary/aromatic N) is 4. The van der Waals surface area contributed by atoms with Crippen molar-refractivity contribution >= 4 is 16.9 Å². The van der Waals surface area contributed by atoms with E-state index in [1.54, 1.807) is 14.2 Å². The molecule has 0 aliphatic carbocycles. The van der Waals surface area contributed by atoms with Gasteiger partial charge in [0.25, 0.3) is 0 Å². The van der Waals surface area contributed by atoms with Gasteiger partial charge in [-0.15, -0.1) is 0 Å². The van der Waals surface area contributed by atoms with E-state index in [-0.39, 0.29) is 5.92 Å². The Morgan fingerprint density at radius 2 is 1.69 bits per heavy atom. The van der Waals surface area contributed by atoms with Gasteiger partial charge in [0.05, 0.1) is 31.8 Å². The molecule has 2 aliphatic rings. The normalized spacial score (nSPS) is 18.0. The van der Waals surface area contributed by atoms with Gasteiger partial charge in [-0.25, -0.2) is 4.98 Å². The molecule has 0 radical (unpaired) electrons. The minimum atomic E-state index is 0.129. The van der Waals surface area contributed by atoms with Crippen molar-refractivity contribution in [3.8, 4) is 11.5 Å². The van der Waals surface area contributed by atoms with E-state index < -0.39 is 0 Å². The van der Waals surface area contributed by atoms with E-state index in [0.717, 1.165) is 99.1 Å². The molecule has 2 aliphatic heterocycles. The average molecular weight is 492 g/mol. The first-order valence-electron chi connectivity index (χ1n) is 12.9. The summed E-state index contributed by atoms with van der Waals surface area (Å²) in [4.78, 5) is 28.3. The van der Waals surface area contributed by atoms with Crippen molar-refractivity contribution < 1.29 is 14.3 Å². The van der Waals surface area contributed by atoms with Gasteiger partial charge in [0.2, 0.25) is 5.91 Å². The molecular weight excluding hydrogens is 454 g/mol. The molecule has 5 rings (SSSR count). The second-order valence-corrected chi connectivity index (χ2v) is 10.0. The molecule has 0 unspecified atom stereocenters.